The van der Waals surface area contributed by atoms with Crippen LogP contribution in [-0.2, 0) is 6.54 Å². The molecule has 0 bridgehead atoms. The van der Waals surface area contributed by atoms with Crippen molar-refractivity contribution in [3.63, 3.8) is 0 Å². The van der Waals surface area contributed by atoms with Crippen molar-refractivity contribution in [2.24, 2.45) is 0 Å². The minimum absolute atomic E-state index is 0.209. The predicted octanol–water partition coefficient (Wildman–Crippen LogP) is 3.05. The number of nitrogens with one attached hydrogen (secondary N) is 1. The molecule has 1 N–H and O–H groups in total. The summed E-state index contributed by atoms with van der Waals surface area (Å²) in [5.41, 5.74) is 0.504. The van der Waals surface area contributed by atoms with E-state index in [0.29, 0.717) is 18.7 Å². The zero-order valence-corrected chi connectivity index (χ0v) is 12.1. The zero-order chi connectivity index (χ0) is 15.6. The van der Waals surface area contributed by atoms with Crippen LogP contribution in [0.15, 0.2) is 24.2 Å². The van der Waals surface area contributed by atoms with E-state index in [1.807, 2.05) is 0 Å². The van der Waals surface area contributed by atoms with E-state index in [1.54, 1.807) is 4.90 Å². The first-order chi connectivity index (χ1) is 9.77. The molecule has 1 aliphatic heterocycles. The molecule has 9 heteroatoms. The molecular weight excluding hydrogens is 330 g/mol. The number of aromatic nitrogens is 1. The quantitative estimate of drug-likeness (QED) is 0.396. The molecule has 0 radical (unpaired) electrons. The summed E-state index contributed by atoms with van der Waals surface area (Å²) in [6, 6.07) is 1.20. The third-order valence-electron chi connectivity index (χ3n) is 2.80. The van der Waals surface area contributed by atoms with E-state index in [-0.39, 0.29) is 17.5 Å². The molecule has 0 aliphatic carbocycles. The van der Waals surface area contributed by atoms with Crippen LogP contribution in [0.25, 0.3) is 0 Å². The summed E-state index contributed by atoms with van der Waals surface area (Å²) >= 11 is 9.81. The Balaban J connectivity index is 2.14. The second kappa shape index (κ2) is 6.15. The SMILES string of the molecule is Fc1cc(CN2CCNC2=CC(=S)C(F)(F)F)cnc1Cl. The molecular formula is C12H10ClF4N3S. The van der Waals surface area contributed by atoms with E-state index in [4.69, 9.17) is 11.6 Å². The van der Waals surface area contributed by atoms with Crippen LogP contribution in [0.5, 0.6) is 0 Å². The van der Waals surface area contributed by atoms with Gasteiger partial charge in [0, 0.05) is 31.9 Å². The molecule has 0 saturated carbocycles. The minimum atomic E-state index is -4.55. The summed E-state index contributed by atoms with van der Waals surface area (Å²) in [6.45, 7) is 1.17. The van der Waals surface area contributed by atoms with Crippen molar-refractivity contribution in [2.45, 2.75) is 12.7 Å². The summed E-state index contributed by atoms with van der Waals surface area (Å²) < 4.78 is 50.6. The Hall–Kier alpha value is -1.41. The lowest BCUT2D eigenvalue weighted by Crippen LogP contribution is -2.24. The Morgan fingerprint density at radius 1 is 1.52 bits per heavy atom. The Kier molecular flexibility index (Phi) is 4.67. The Labute approximate surface area is 128 Å². The summed E-state index contributed by atoms with van der Waals surface area (Å²) in [4.78, 5) is 4.18. The highest BCUT2D eigenvalue weighted by molar-refractivity contribution is 7.80. The lowest BCUT2D eigenvalue weighted by molar-refractivity contribution is -0.0554. The van der Waals surface area contributed by atoms with Gasteiger partial charge in [0.2, 0.25) is 0 Å². The first-order valence-corrected chi connectivity index (χ1v) is 6.67. The van der Waals surface area contributed by atoms with Crippen LogP contribution in [0, 0.1) is 5.82 Å². The molecule has 2 heterocycles. The van der Waals surface area contributed by atoms with Crippen LogP contribution >= 0.6 is 23.8 Å². The highest BCUT2D eigenvalue weighted by Crippen LogP contribution is 2.21. The zero-order valence-electron chi connectivity index (χ0n) is 10.5. The normalized spacial score (nSPS) is 17.2. The molecule has 0 spiro atoms. The highest BCUT2D eigenvalue weighted by Gasteiger charge is 2.33. The fourth-order valence-corrected chi connectivity index (χ4v) is 2.05. The van der Waals surface area contributed by atoms with E-state index >= 15 is 0 Å². The smallest absolute Gasteiger partial charge is 0.370 e. The van der Waals surface area contributed by atoms with Crippen LogP contribution in [0.1, 0.15) is 5.56 Å². The second-order valence-corrected chi connectivity index (χ2v) is 5.15. The molecule has 0 amide bonds. The molecule has 114 valence electrons. The van der Waals surface area contributed by atoms with Gasteiger partial charge in [0.25, 0.3) is 0 Å². The van der Waals surface area contributed by atoms with Crippen molar-refractivity contribution in [3.8, 4) is 0 Å². The van der Waals surface area contributed by atoms with Gasteiger partial charge in [-0.2, -0.15) is 13.2 Å². The van der Waals surface area contributed by atoms with Crippen molar-refractivity contribution in [1.82, 2.24) is 15.2 Å². The van der Waals surface area contributed by atoms with Gasteiger partial charge < -0.3 is 10.2 Å². The molecule has 0 aromatic carbocycles. The van der Waals surface area contributed by atoms with Crippen molar-refractivity contribution in [1.29, 1.82) is 0 Å². The summed E-state index contributed by atoms with van der Waals surface area (Å²) in [5.74, 6) is -0.412. The summed E-state index contributed by atoms with van der Waals surface area (Å²) in [7, 11) is 0. The van der Waals surface area contributed by atoms with Crippen LogP contribution in [0.2, 0.25) is 5.15 Å². The Morgan fingerprint density at radius 3 is 2.86 bits per heavy atom. The maximum Gasteiger partial charge on any atom is 0.426 e. The fourth-order valence-electron chi connectivity index (χ4n) is 1.83. The van der Waals surface area contributed by atoms with E-state index in [2.05, 4.69) is 22.5 Å². The van der Waals surface area contributed by atoms with Crippen LogP contribution < -0.4 is 5.32 Å². The van der Waals surface area contributed by atoms with E-state index < -0.39 is 16.9 Å². The van der Waals surface area contributed by atoms with Crippen molar-refractivity contribution in [2.75, 3.05) is 13.1 Å². The number of pyridine rings is 1. The first kappa shape index (κ1) is 16.0. The lowest BCUT2D eigenvalue weighted by Gasteiger charge is -2.19. The molecule has 1 fully saturated rings. The van der Waals surface area contributed by atoms with Crippen molar-refractivity contribution < 1.29 is 17.6 Å². The van der Waals surface area contributed by atoms with E-state index in [1.165, 1.54) is 12.3 Å². The molecule has 21 heavy (non-hydrogen) atoms. The second-order valence-electron chi connectivity index (χ2n) is 4.36. The average molecular weight is 340 g/mol. The number of hydrogen-bond donors (Lipinski definition) is 1. The maximum absolute atomic E-state index is 13.3. The third-order valence-corrected chi connectivity index (χ3v) is 3.43. The molecule has 1 saturated heterocycles. The van der Waals surface area contributed by atoms with Gasteiger partial charge in [-0.1, -0.05) is 23.8 Å². The van der Waals surface area contributed by atoms with E-state index in [0.717, 1.165) is 6.08 Å². The van der Waals surface area contributed by atoms with Gasteiger partial charge in [-0.3, -0.25) is 0 Å². The molecule has 1 aliphatic rings. The number of nitrogens with zero attached hydrogens (tertiary/aromatic N) is 2. The van der Waals surface area contributed by atoms with Gasteiger partial charge in [-0.05, 0) is 11.6 Å². The number of rotatable bonds is 3. The predicted molar refractivity (Wildman–Crippen MR) is 74.4 cm³/mol. The number of allylic oxidation sites excluding steroid dienone is 1. The molecule has 1 aromatic rings. The molecule has 0 atom stereocenters. The van der Waals surface area contributed by atoms with E-state index in [9.17, 15) is 17.6 Å². The lowest BCUT2D eigenvalue weighted by atomic mass is 10.2. The maximum atomic E-state index is 13.3. The van der Waals surface area contributed by atoms with Crippen molar-refractivity contribution in [3.05, 3.63) is 40.7 Å². The van der Waals surface area contributed by atoms with Gasteiger partial charge >= 0.3 is 6.18 Å². The monoisotopic (exact) mass is 339 g/mol. The minimum Gasteiger partial charge on any atom is -0.370 e. The van der Waals surface area contributed by atoms with Crippen LogP contribution in [0.3, 0.4) is 0 Å². The van der Waals surface area contributed by atoms with Crippen LogP contribution in [0.4, 0.5) is 17.6 Å². The molecule has 3 nitrogen and oxygen atoms in total. The molecule has 2 rings (SSSR count). The number of thiocarbonyl (C=S) groups is 1. The number of halogens is 5. The van der Waals surface area contributed by atoms with Gasteiger partial charge in [0.05, 0.1) is 0 Å². The molecule has 1 aromatic heterocycles. The van der Waals surface area contributed by atoms with Gasteiger partial charge in [0.1, 0.15) is 10.7 Å². The molecule has 0 unspecified atom stereocenters. The first-order valence-electron chi connectivity index (χ1n) is 5.89. The Bertz CT molecular complexity index is 588. The highest BCUT2D eigenvalue weighted by atomic mass is 35.5. The topological polar surface area (TPSA) is 28.2 Å². The third kappa shape index (κ3) is 4.04. The van der Waals surface area contributed by atoms with Crippen LogP contribution in [-0.4, -0.2) is 34.0 Å². The largest absolute Gasteiger partial charge is 0.426 e. The van der Waals surface area contributed by atoms with Crippen molar-refractivity contribution >= 4 is 28.7 Å². The van der Waals surface area contributed by atoms with Gasteiger partial charge in [-0.25, -0.2) is 9.37 Å². The summed E-state index contributed by atoms with van der Waals surface area (Å²) in [6.07, 6.45) is -2.31. The fraction of sp³-hybridized carbons (Fsp3) is 0.333. The Morgan fingerprint density at radius 2 is 2.24 bits per heavy atom. The standard InChI is InChI=1S/C12H10ClF4N3S/c13-11-8(14)3-7(5-19-11)6-20-2-1-18-10(20)4-9(21)12(15,16)17/h3-5,18H,1-2,6H2. The van der Waals surface area contributed by atoms with Gasteiger partial charge in [-0.15, -0.1) is 0 Å². The van der Waals surface area contributed by atoms with Gasteiger partial charge in [0.15, 0.2) is 11.0 Å². The number of alkyl halides is 3. The summed E-state index contributed by atoms with van der Waals surface area (Å²) in [5, 5.41) is 2.57. The number of hydrogen-bond acceptors (Lipinski definition) is 4. The average Bonchev–Trinajstić information content (AvgIpc) is 2.80.